The van der Waals surface area contributed by atoms with Crippen LogP contribution in [0.15, 0.2) is 36.0 Å². The number of allylic oxidation sites excluding steroid dienone is 6. The predicted molar refractivity (Wildman–Crippen MR) is 50.4 cm³/mol. The lowest BCUT2D eigenvalue weighted by Crippen LogP contribution is -1.97. The van der Waals surface area contributed by atoms with E-state index in [0.717, 1.165) is 6.42 Å². The van der Waals surface area contributed by atoms with Crippen molar-refractivity contribution in [1.29, 1.82) is 0 Å². The minimum absolute atomic E-state index is 0.676. The van der Waals surface area contributed by atoms with Crippen molar-refractivity contribution in [3.05, 3.63) is 36.0 Å². The van der Waals surface area contributed by atoms with E-state index in [-0.39, 0.29) is 0 Å². The second-order valence-electron chi connectivity index (χ2n) is 2.90. The first kappa shape index (κ1) is 8.32. The molecule has 0 amide bonds. The Kier molecular flexibility index (Phi) is 3.15. The van der Waals surface area contributed by atoms with Gasteiger partial charge in [0.15, 0.2) is 0 Å². The van der Waals surface area contributed by atoms with Gasteiger partial charge in [0.1, 0.15) is 0 Å². The van der Waals surface area contributed by atoms with Gasteiger partial charge < -0.3 is 0 Å². The molecule has 0 aliphatic heterocycles. The zero-order valence-corrected chi connectivity index (χ0v) is 7.38. The molecule has 0 fully saturated rings. The van der Waals surface area contributed by atoms with E-state index in [0.29, 0.717) is 5.92 Å². The van der Waals surface area contributed by atoms with Gasteiger partial charge in [-0.15, -0.1) is 0 Å². The number of hydrogen-bond donors (Lipinski definition) is 0. The van der Waals surface area contributed by atoms with Crippen molar-refractivity contribution in [2.45, 2.75) is 26.7 Å². The molecule has 0 aromatic rings. The smallest absolute Gasteiger partial charge is 0.00198 e. The summed E-state index contributed by atoms with van der Waals surface area (Å²) < 4.78 is 0. The molecule has 0 radical (unpaired) electrons. The second kappa shape index (κ2) is 4.17. The zero-order chi connectivity index (χ0) is 8.10. The molecule has 0 bridgehead atoms. The van der Waals surface area contributed by atoms with Crippen molar-refractivity contribution >= 4 is 0 Å². The molecule has 0 heteroatoms. The van der Waals surface area contributed by atoms with Crippen LogP contribution in [0.4, 0.5) is 0 Å². The van der Waals surface area contributed by atoms with Crippen molar-refractivity contribution in [3.8, 4) is 0 Å². The Bertz CT molecular complexity index is 194. The van der Waals surface area contributed by atoms with Crippen molar-refractivity contribution in [2.75, 3.05) is 0 Å². The summed E-state index contributed by atoms with van der Waals surface area (Å²) in [5.74, 6) is 0.676. The minimum atomic E-state index is 0.676. The third-order valence-electron chi connectivity index (χ3n) is 2.23. The summed E-state index contributed by atoms with van der Waals surface area (Å²) in [4.78, 5) is 0. The number of hydrogen-bond acceptors (Lipinski definition) is 0. The fourth-order valence-corrected chi connectivity index (χ4v) is 1.49. The van der Waals surface area contributed by atoms with Crippen LogP contribution in [0.25, 0.3) is 0 Å². The van der Waals surface area contributed by atoms with Crippen LogP contribution >= 0.6 is 0 Å². The Morgan fingerprint density at radius 1 is 1.55 bits per heavy atom. The SMILES string of the molecule is CC=C1CC=CC=CC1CC. The van der Waals surface area contributed by atoms with Gasteiger partial charge in [-0.25, -0.2) is 0 Å². The van der Waals surface area contributed by atoms with Crippen LogP contribution in [0.1, 0.15) is 26.7 Å². The molecule has 0 aromatic heterocycles. The summed E-state index contributed by atoms with van der Waals surface area (Å²) >= 11 is 0. The molecular weight excluding hydrogens is 132 g/mol. The lowest BCUT2D eigenvalue weighted by Gasteiger charge is -2.11. The summed E-state index contributed by atoms with van der Waals surface area (Å²) in [6.07, 6.45) is 13.4. The van der Waals surface area contributed by atoms with Crippen LogP contribution in [0.2, 0.25) is 0 Å². The highest BCUT2D eigenvalue weighted by molar-refractivity contribution is 5.22. The fourth-order valence-electron chi connectivity index (χ4n) is 1.49. The average Bonchev–Trinajstić information content (AvgIpc) is 2.27. The molecule has 0 N–H and O–H groups in total. The molecule has 0 saturated carbocycles. The van der Waals surface area contributed by atoms with Crippen molar-refractivity contribution < 1.29 is 0 Å². The van der Waals surface area contributed by atoms with Crippen LogP contribution in [0, 0.1) is 5.92 Å². The first-order valence-electron chi connectivity index (χ1n) is 4.37. The van der Waals surface area contributed by atoms with E-state index in [9.17, 15) is 0 Å². The Morgan fingerprint density at radius 2 is 2.36 bits per heavy atom. The first-order valence-corrected chi connectivity index (χ1v) is 4.37. The van der Waals surface area contributed by atoms with E-state index < -0.39 is 0 Å². The third kappa shape index (κ3) is 2.07. The monoisotopic (exact) mass is 148 g/mol. The van der Waals surface area contributed by atoms with Gasteiger partial charge in [-0.2, -0.15) is 0 Å². The lowest BCUT2D eigenvalue weighted by molar-refractivity contribution is 0.712. The van der Waals surface area contributed by atoms with Gasteiger partial charge in [0.2, 0.25) is 0 Å². The quantitative estimate of drug-likeness (QED) is 0.499. The van der Waals surface area contributed by atoms with Gasteiger partial charge in [-0.1, -0.05) is 42.9 Å². The Balaban J connectivity index is 2.75. The molecular formula is C11H16. The van der Waals surface area contributed by atoms with Gasteiger partial charge in [-0.3, -0.25) is 0 Å². The predicted octanol–water partition coefficient (Wildman–Crippen LogP) is 3.48. The fraction of sp³-hybridized carbons (Fsp3) is 0.455. The maximum absolute atomic E-state index is 2.29. The summed E-state index contributed by atoms with van der Waals surface area (Å²) in [6.45, 7) is 4.37. The van der Waals surface area contributed by atoms with Gasteiger partial charge in [0.25, 0.3) is 0 Å². The highest BCUT2D eigenvalue weighted by Gasteiger charge is 2.07. The summed E-state index contributed by atoms with van der Waals surface area (Å²) in [6, 6.07) is 0. The molecule has 0 heterocycles. The summed E-state index contributed by atoms with van der Waals surface area (Å²) in [5.41, 5.74) is 1.55. The van der Waals surface area contributed by atoms with E-state index in [2.05, 4.69) is 44.2 Å². The molecule has 11 heavy (non-hydrogen) atoms. The van der Waals surface area contributed by atoms with Crippen molar-refractivity contribution in [1.82, 2.24) is 0 Å². The van der Waals surface area contributed by atoms with Crippen LogP contribution in [0.3, 0.4) is 0 Å². The molecule has 60 valence electrons. The molecule has 1 unspecified atom stereocenters. The van der Waals surface area contributed by atoms with Crippen molar-refractivity contribution in [2.24, 2.45) is 5.92 Å². The van der Waals surface area contributed by atoms with Gasteiger partial charge >= 0.3 is 0 Å². The van der Waals surface area contributed by atoms with Crippen LogP contribution < -0.4 is 0 Å². The molecule has 0 spiro atoms. The van der Waals surface area contributed by atoms with Gasteiger partial charge in [0.05, 0.1) is 0 Å². The largest absolute Gasteiger partial charge is 0.0875 e. The zero-order valence-electron chi connectivity index (χ0n) is 7.38. The molecule has 1 aliphatic carbocycles. The highest BCUT2D eigenvalue weighted by Crippen LogP contribution is 2.22. The maximum atomic E-state index is 2.29. The third-order valence-corrected chi connectivity index (χ3v) is 2.23. The van der Waals surface area contributed by atoms with E-state index in [1.807, 2.05) is 0 Å². The van der Waals surface area contributed by atoms with E-state index in [4.69, 9.17) is 0 Å². The van der Waals surface area contributed by atoms with E-state index in [1.165, 1.54) is 6.42 Å². The Labute approximate surface area is 69.3 Å². The highest BCUT2D eigenvalue weighted by atomic mass is 14.1. The van der Waals surface area contributed by atoms with E-state index >= 15 is 0 Å². The number of rotatable bonds is 1. The standard InChI is InChI=1S/C11H16/c1-3-10-8-6-5-7-9-11(10)4-2/h3,5-7,9,11H,4,8H2,1-2H3. The van der Waals surface area contributed by atoms with E-state index in [1.54, 1.807) is 5.57 Å². The molecule has 0 nitrogen and oxygen atoms in total. The average molecular weight is 148 g/mol. The normalized spacial score (nSPS) is 27.5. The topological polar surface area (TPSA) is 0 Å². The van der Waals surface area contributed by atoms with Crippen LogP contribution in [-0.2, 0) is 0 Å². The summed E-state index contributed by atoms with van der Waals surface area (Å²) in [5, 5.41) is 0. The maximum Gasteiger partial charge on any atom is -0.00198 e. The van der Waals surface area contributed by atoms with Gasteiger partial charge in [0, 0.05) is 0 Å². The molecule has 1 rings (SSSR count). The van der Waals surface area contributed by atoms with Crippen LogP contribution in [0.5, 0.6) is 0 Å². The molecule has 0 aromatic carbocycles. The first-order chi connectivity index (χ1) is 5.38. The Hall–Kier alpha value is -0.780. The van der Waals surface area contributed by atoms with Crippen molar-refractivity contribution in [3.63, 3.8) is 0 Å². The lowest BCUT2D eigenvalue weighted by atomic mass is 9.94. The Morgan fingerprint density at radius 3 is 3.00 bits per heavy atom. The second-order valence-corrected chi connectivity index (χ2v) is 2.90. The minimum Gasteiger partial charge on any atom is -0.0875 e. The van der Waals surface area contributed by atoms with Gasteiger partial charge in [-0.05, 0) is 25.7 Å². The van der Waals surface area contributed by atoms with Crippen LogP contribution in [-0.4, -0.2) is 0 Å². The summed E-state index contributed by atoms with van der Waals surface area (Å²) in [7, 11) is 0. The molecule has 1 atom stereocenters. The molecule has 0 saturated heterocycles. The molecule has 1 aliphatic rings.